The summed E-state index contributed by atoms with van der Waals surface area (Å²) >= 11 is 1.57. The summed E-state index contributed by atoms with van der Waals surface area (Å²) in [4.78, 5) is 26.9. The number of benzene rings is 1. The molecule has 2 amide bonds. The van der Waals surface area contributed by atoms with E-state index >= 15 is 0 Å². The molecule has 2 aromatic rings. The van der Waals surface area contributed by atoms with Crippen LogP contribution in [0.1, 0.15) is 15.2 Å². The van der Waals surface area contributed by atoms with Gasteiger partial charge >= 0.3 is 0 Å². The van der Waals surface area contributed by atoms with Gasteiger partial charge in [-0.25, -0.2) is 4.39 Å². The zero-order chi connectivity index (χ0) is 16.7. The quantitative estimate of drug-likeness (QED) is 0.793. The Kier molecular flexibility index (Phi) is 6.05. The Hall–Kier alpha value is -2.47. The van der Waals surface area contributed by atoms with E-state index < -0.39 is 11.7 Å². The van der Waals surface area contributed by atoms with E-state index in [4.69, 9.17) is 0 Å². The van der Waals surface area contributed by atoms with Crippen LogP contribution in [-0.4, -0.2) is 29.8 Å². The molecule has 0 fully saturated rings. The van der Waals surface area contributed by atoms with Crippen LogP contribution in [0.15, 0.2) is 54.4 Å². The molecule has 1 aromatic carbocycles. The van der Waals surface area contributed by atoms with Gasteiger partial charge in [0.15, 0.2) is 0 Å². The van der Waals surface area contributed by atoms with Gasteiger partial charge in [-0.15, -0.1) is 17.9 Å². The van der Waals surface area contributed by atoms with Crippen molar-refractivity contribution in [2.75, 3.05) is 13.1 Å². The van der Waals surface area contributed by atoms with Gasteiger partial charge in [-0.3, -0.25) is 9.59 Å². The van der Waals surface area contributed by atoms with Crippen LogP contribution >= 0.6 is 11.3 Å². The number of rotatable bonds is 7. The fourth-order valence-electron chi connectivity index (χ4n) is 1.97. The molecule has 0 saturated heterocycles. The van der Waals surface area contributed by atoms with Gasteiger partial charge in [-0.1, -0.05) is 12.1 Å². The Balaban J connectivity index is 1.91. The molecule has 0 atom stereocenters. The minimum Gasteiger partial charge on any atom is -0.343 e. The van der Waals surface area contributed by atoms with Crippen LogP contribution in [0.4, 0.5) is 4.39 Å². The summed E-state index contributed by atoms with van der Waals surface area (Å²) in [7, 11) is 0. The third kappa shape index (κ3) is 5.03. The van der Waals surface area contributed by atoms with Crippen molar-refractivity contribution in [2.24, 2.45) is 0 Å². The van der Waals surface area contributed by atoms with Gasteiger partial charge in [0.1, 0.15) is 5.82 Å². The molecule has 0 saturated carbocycles. The molecule has 1 aromatic heterocycles. The summed E-state index contributed by atoms with van der Waals surface area (Å²) in [6.07, 6.45) is 1.65. The fraction of sp³-hybridized carbons (Fsp3) is 0.176. The van der Waals surface area contributed by atoms with Crippen LogP contribution in [0.25, 0.3) is 0 Å². The predicted octanol–water partition coefficient (Wildman–Crippen LogP) is 2.83. The highest BCUT2D eigenvalue weighted by Gasteiger charge is 2.15. The summed E-state index contributed by atoms with van der Waals surface area (Å²) in [5.41, 5.74) is 0.313. The molecular weight excluding hydrogens is 315 g/mol. The van der Waals surface area contributed by atoms with Gasteiger partial charge in [-0.2, -0.15) is 0 Å². The summed E-state index contributed by atoms with van der Waals surface area (Å²) < 4.78 is 12.8. The summed E-state index contributed by atoms with van der Waals surface area (Å²) in [5.74, 6) is -1.02. The maximum atomic E-state index is 12.8. The van der Waals surface area contributed by atoms with Crippen LogP contribution in [0.2, 0.25) is 0 Å². The van der Waals surface area contributed by atoms with E-state index in [0.29, 0.717) is 18.7 Å². The molecule has 2 rings (SSSR count). The van der Waals surface area contributed by atoms with Gasteiger partial charge < -0.3 is 10.2 Å². The minimum absolute atomic E-state index is 0.116. The second-order valence-electron chi connectivity index (χ2n) is 4.83. The Morgan fingerprint density at radius 2 is 2.00 bits per heavy atom. The Bertz CT molecular complexity index is 668. The Morgan fingerprint density at radius 1 is 1.26 bits per heavy atom. The molecule has 6 heteroatoms. The number of hydrogen-bond donors (Lipinski definition) is 1. The lowest BCUT2D eigenvalue weighted by atomic mass is 10.2. The maximum absolute atomic E-state index is 12.8. The number of hydrogen-bond acceptors (Lipinski definition) is 3. The summed E-state index contributed by atoms with van der Waals surface area (Å²) in [6.45, 7) is 4.42. The Labute approximate surface area is 138 Å². The first-order chi connectivity index (χ1) is 11.1. The lowest BCUT2D eigenvalue weighted by Gasteiger charge is -2.20. The smallest absolute Gasteiger partial charge is 0.251 e. The predicted molar refractivity (Wildman–Crippen MR) is 88.7 cm³/mol. The van der Waals surface area contributed by atoms with Crippen molar-refractivity contribution >= 4 is 23.2 Å². The number of halogens is 1. The lowest BCUT2D eigenvalue weighted by molar-refractivity contribution is -0.130. The van der Waals surface area contributed by atoms with E-state index in [1.54, 1.807) is 22.3 Å². The number of carbonyl (C=O) groups is 2. The molecule has 120 valence electrons. The molecule has 1 N–H and O–H groups in total. The van der Waals surface area contributed by atoms with Crippen molar-refractivity contribution in [1.29, 1.82) is 0 Å². The van der Waals surface area contributed by atoms with E-state index in [-0.39, 0.29) is 12.5 Å². The van der Waals surface area contributed by atoms with Crippen molar-refractivity contribution in [3.05, 3.63) is 70.7 Å². The molecule has 23 heavy (non-hydrogen) atoms. The molecule has 0 aliphatic heterocycles. The average molecular weight is 332 g/mol. The van der Waals surface area contributed by atoms with Gasteiger partial charge in [0, 0.05) is 17.0 Å². The standard InChI is InChI=1S/C17H17FN2O2S/c1-2-9-20(12-15-4-3-10-23-15)16(21)11-19-17(22)13-5-7-14(18)8-6-13/h2-8,10H,1,9,11-12H2,(H,19,22). The molecule has 1 heterocycles. The molecule has 0 aliphatic rings. The number of nitrogens with zero attached hydrogens (tertiary/aromatic N) is 1. The second kappa shape index (κ2) is 8.24. The van der Waals surface area contributed by atoms with E-state index in [1.807, 2.05) is 17.5 Å². The van der Waals surface area contributed by atoms with E-state index in [9.17, 15) is 14.0 Å². The van der Waals surface area contributed by atoms with Gasteiger partial charge in [-0.05, 0) is 35.7 Å². The molecular formula is C17H17FN2O2S. The SMILES string of the molecule is C=CCN(Cc1cccs1)C(=O)CNC(=O)c1ccc(F)cc1. The first kappa shape index (κ1) is 16.9. The van der Waals surface area contributed by atoms with Crippen molar-refractivity contribution in [3.63, 3.8) is 0 Å². The third-order valence-corrected chi connectivity index (χ3v) is 4.00. The van der Waals surface area contributed by atoms with Gasteiger partial charge in [0.05, 0.1) is 13.1 Å². The largest absolute Gasteiger partial charge is 0.343 e. The monoisotopic (exact) mass is 332 g/mol. The molecule has 0 radical (unpaired) electrons. The Morgan fingerprint density at radius 3 is 2.61 bits per heavy atom. The highest BCUT2D eigenvalue weighted by Crippen LogP contribution is 2.12. The first-order valence-electron chi connectivity index (χ1n) is 7.05. The lowest BCUT2D eigenvalue weighted by Crippen LogP contribution is -2.39. The van der Waals surface area contributed by atoms with Crippen molar-refractivity contribution in [2.45, 2.75) is 6.54 Å². The number of amides is 2. The fourth-order valence-corrected chi connectivity index (χ4v) is 2.69. The topological polar surface area (TPSA) is 49.4 Å². The van der Waals surface area contributed by atoms with Crippen LogP contribution in [0, 0.1) is 5.82 Å². The van der Waals surface area contributed by atoms with E-state index in [1.165, 1.54) is 24.3 Å². The number of thiophene rings is 1. The summed E-state index contributed by atoms with van der Waals surface area (Å²) in [6, 6.07) is 9.04. The third-order valence-electron chi connectivity index (χ3n) is 3.14. The number of nitrogens with one attached hydrogen (secondary N) is 1. The van der Waals surface area contributed by atoms with Gasteiger partial charge in [0.25, 0.3) is 5.91 Å². The normalized spacial score (nSPS) is 10.1. The van der Waals surface area contributed by atoms with Crippen molar-refractivity contribution < 1.29 is 14.0 Å². The highest BCUT2D eigenvalue weighted by molar-refractivity contribution is 7.09. The van der Waals surface area contributed by atoms with E-state index in [2.05, 4.69) is 11.9 Å². The number of carbonyl (C=O) groups excluding carboxylic acids is 2. The van der Waals surface area contributed by atoms with Gasteiger partial charge in [0.2, 0.25) is 5.91 Å². The van der Waals surface area contributed by atoms with Crippen molar-refractivity contribution in [3.8, 4) is 0 Å². The van der Waals surface area contributed by atoms with Crippen LogP contribution in [-0.2, 0) is 11.3 Å². The first-order valence-corrected chi connectivity index (χ1v) is 7.93. The maximum Gasteiger partial charge on any atom is 0.251 e. The second-order valence-corrected chi connectivity index (χ2v) is 5.86. The molecule has 0 unspecified atom stereocenters. The summed E-state index contributed by atoms with van der Waals surface area (Å²) in [5, 5.41) is 4.50. The van der Waals surface area contributed by atoms with Crippen LogP contribution < -0.4 is 5.32 Å². The molecule has 0 aliphatic carbocycles. The average Bonchev–Trinajstić information content (AvgIpc) is 3.05. The molecule has 0 bridgehead atoms. The minimum atomic E-state index is -0.411. The molecule has 0 spiro atoms. The van der Waals surface area contributed by atoms with Crippen molar-refractivity contribution in [1.82, 2.24) is 10.2 Å². The highest BCUT2D eigenvalue weighted by atomic mass is 32.1. The zero-order valence-corrected chi connectivity index (χ0v) is 13.3. The molecule has 4 nitrogen and oxygen atoms in total. The van der Waals surface area contributed by atoms with Crippen LogP contribution in [0.5, 0.6) is 0 Å². The van der Waals surface area contributed by atoms with Crippen LogP contribution in [0.3, 0.4) is 0 Å². The zero-order valence-electron chi connectivity index (χ0n) is 12.5. The van der Waals surface area contributed by atoms with E-state index in [0.717, 1.165) is 4.88 Å².